The Morgan fingerprint density at radius 2 is 2.42 bits per heavy atom. The number of hydrogen-bond donors (Lipinski definition) is 2. The van der Waals surface area contributed by atoms with Gasteiger partial charge in [-0.15, -0.1) is 0 Å². The Bertz CT molecular complexity index is 437. The quantitative estimate of drug-likeness (QED) is 0.497. The molecule has 19 heavy (non-hydrogen) atoms. The van der Waals surface area contributed by atoms with Crippen molar-refractivity contribution in [2.24, 2.45) is 0 Å². The maximum absolute atomic E-state index is 13.5. The molecule has 0 fully saturated rings. The van der Waals surface area contributed by atoms with Gasteiger partial charge >= 0.3 is 8.25 Å². The normalized spacial score (nSPS) is 18.1. The van der Waals surface area contributed by atoms with E-state index >= 15 is 0 Å². The number of nitrogens with one attached hydrogen (secondary N) is 1. The lowest BCUT2D eigenvalue weighted by atomic mass is 9.97. The Labute approximate surface area is 112 Å². The van der Waals surface area contributed by atoms with Crippen LogP contribution in [0.25, 0.3) is 0 Å². The van der Waals surface area contributed by atoms with Crippen LogP contribution in [0.3, 0.4) is 0 Å². The van der Waals surface area contributed by atoms with Gasteiger partial charge in [0.2, 0.25) is 0 Å². The van der Waals surface area contributed by atoms with Crippen LogP contribution in [0.5, 0.6) is 0 Å². The number of likely N-dealkylation sites (N-methyl/N-ethyl adjacent to an activating group) is 1. The van der Waals surface area contributed by atoms with E-state index in [-0.39, 0.29) is 13.3 Å². The van der Waals surface area contributed by atoms with E-state index < -0.39 is 8.25 Å². The lowest BCUT2D eigenvalue weighted by molar-refractivity contribution is -0.244. The molecule has 0 saturated heterocycles. The van der Waals surface area contributed by atoms with Crippen LogP contribution < -0.4 is 10.2 Å². The van der Waals surface area contributed by atoms with Gasteiger partial charge in [0.25, 0.3) is 0 Å². The monoisotopic (exact) mass is 293 g/mol. The molecule has 1 aliphatic heterocycles. The zero-order valence-corrected chi connectivity index (χ0v) is 11.2. The average molecular weight is 293 g/mol. The van der Waals surface area contributed by atoms with Crippen LogP contribution in [0.1, 0.15) is 18.7 Å². The molecule has 8 heteroatoms. The van der Waals surface area contributed by atoms with Gasteiger partial charge in [0, 0.05) is 18.2 Å². The minimum Gasteiger partial charge on any atom is -0.565 e. The Morgan fingerprint density at radius 3 is 3.00 bits per heavy atom. The molecule has 1 aromatic rings. The van der Waals surface area contributed by atoms with Gasteiger partial charge in [-0.3, -0.25) is 0 Å². The van der Waals surface area contributed by atoms with Gasteiger partial charge in [0.05, 0.1) is 12.7 Å². The number of benzene rings is 1. The predicted octanol–water partition coefficient (Wildman–Crippen LogP) is 1.40. The van der Waals surface area contributed by atoms with Crippen molar-refractivity contribution >= 4 is 8.25 Å². The van der Waals surface area contributed by atoms with E-state index in [1.54, 1.807) is 6.07 Å². The van der Waals surface area contributed by atoms with E-state index in [9.17, 15) is 4.39 Å². The molecule has 0 radical (unpaired) electrons. The minimum atomic E-state index is -3.04. The van der Waals surface area contributed by atoms with E-state index in [1.807, 2.05) is 13.1 Å². The Balaban J connectivity index is 0.000000526. The molecule has 2 atom stereocenters. The lowest BCUT2D eigenvalue weighted by Gasteiger charge is -2.26. The summed E-state index contributed by atoms with van der Waals surface area (Å²) in [5.74, 6) is -0.151. The summed E-state index contributed by atoms with van der Waals surface area (Å²) in [6, 6.07) is 5.23. The summed E-state index contributed by atoms with van der Waals surface area (Å²) < 4.78 is 30.7. The van der Waals surface area contributed by atoms with E-state index in [0.717, 1.165) is 17.5 Å². The molecule has 1 heterocycles. The molecule has 0 saturated carbocycles. The molecule has 2 N–H and O–H groups in total. The van der Waals surface area contributed by atoms with Crippen molar-refractivity contribution in [1.82, 2.24) is 5.32 Å². The Kier molecular flexibility index (Phi) is 7.01. The maximum Gasteiger partial charge on any atom is 0.521 e. The predicted molar refractivity (Wildman–Crippen MR) is 66.2 cm³/mol. The van der Waals surface area contributed by atoms with Crippen LogP contribution in [0, 0.1) is 5.82 Å². The highest BCUT2D eigenvalue weighted by atomic mass is 31.1. The van der Waals surface area contributed by atoms with Crippen molar-refractivity contribution < 1.29 is 29.9 Å². The van der Waals surface area contributed by atoms with Gasteiger partial charge in [0.15, 0.2) is 0 Å². The molecule has 6 nitrogen and oxygen atoms in total. The second kappa shape index (κ2) is 8.27. The van der Waals surface area contributed by atoms with Crippen LogP contribution in [0.2, 0.25) is 0 Å². The Morgan fingerprint density at radius 1 is 1.74 bits per heavy atom. The highest BCUT2D eigenvalue weighted by Gasteiger charge is 2.23. The third-order valence-electron chi connectivity index (χ3n) is 2.61. The molecule has 108 valence electrons. The Hall–Kier alpha value is -0.950. The second-order valence-electron chi connectivity index (χ2n) is 3.79. The summed E-state index contributed by atoms with van der Waals surface area (Å²) in [6.45, 7) is 1.34. The van der Waals surface area contributed by atoms with Gasteiger partial charge in [-0.1, -0.05) is 12.1 Å². The fourth-order valence-electron chi connectivity index (χ4n) is 1.90. The van der Waals surface area contributed by atoms with Crippen LogP contribution in [0.4, 0.5) is 4.39 Å². The number of fused-ring (bicyclic) bond motifs is 1. The molecule has 0 aliphatic carbocycles. The zero-order chi connectivity index (χ0) is 14.3. The third-order valence-corrected chi connectivity index (χ3v) is 2.75. The molecule has 1 aliphatic rings. The van der Waals surface area contributed by atoms with Gasteiger partial charge in [-0.2, -0.15) is 0 Å². The van der Waals surface area contributed by atoms with Gasteiger partial charge < -0.3 is 14.9 Å². The van der Waals surface area contributed by atoms with E-state index in [1.165, 1.54) is 6.07 Å². The fourth-order valence-corrected chi connectivity index (χ4v) is 1.90. The first-order chi connectivity index (χ1) is 9.10. The minimum absolute atomic E-state index is 0. The van der Waals surface area contributed by atoms with E-state index in [4.69, 9.17) is 19.5 Å². The molecule has 0 aromatic heterocycles. The topological polar surface area (TPSA) is 90.9 Å². The zero-order valence-electron chi connectivity index (χ0n) is 10.3. The van der Waals surface area contributed by atoms with Crippen molar-refractivity contribution in [3.8, 4) is 0 Å². The summed E-state index contributed by atoms with van der Waals surface area (Å²) in [5, 5.41) is 10.1. The first-order valence-electron chi connectivity index (χ1n) is 5.59. The molecule has 1 aromatic carbocycles. The number of hydrogen-bond acceptors (Lipinski definition) is 6. The third kappa shape index (κ3) is 4.91. The summed E-state index contributed by atoms with van der Waals surface area (Å²) >= 11 is 0. The number of halogens is 1. The summed E-state index contributed by atoms with van der Waals surface area (Å²) in [7, 11) is -1.20. The van der Waals surface area contributed by atoms with E-state index in [2.05, 4.69) is 9.99 Å². The fraction of sp³-hybridized carbons (Fsp3) is 0.455. The second-order valence-corrected chi connectivity index (χ2v) is 4.40. The summed E-state index contributed by atoms with van der Waals surface area (Å²) in [4.78, 5) is 8.93. The van der Waals surface area contributed by atoms with Crippen LogP contribution in [-0.4, -0.2) is 25.5 Å². The maximum atomic E-state index is 13.5. The van der Waals surface area contributed by atoms with Crippen molar-refractivity contribution in [2.45, 2.75) is 12.5 Å². The van der Waals surface area contributed by atoms with Crippen LogP contribution in [-0.2, 0) is 20.4 Å². The molecule has 0 spiro atoms. The van der Waals surface area contributed by atoms with Crippen molar-refractivity contribution in [3.63, 3.8) is 0 Å². The number of rotatable bonds is 3. The van der Waals surface area contributed by atoms with Gasteiger partial charge in [-0.05, 0) is 29.7 Å². The van der Waals surface area contributed by atoms with Crippen molar-refractivity contribution in [3.05, 3.63) is 35.1 Å². The highest BCUT2D eigenvalue weighted by Crippen LogP contribution is 2.28. The first-order valence-corrected chi connectivity index (χ1v) is 6.69. The standard InChI is InChI=1S/C11H14FNO.HO4P.H2/c1-13-7-10-11-8(5-6-14-10)3-2-4-9(11)12;1-4-5(2)3;/h2-4,10,13H,5-7H2,1H3;1H;1H/t10-;;/m0../s1. The van der Waals surface area contributed by atoms with E-state index in [0.29, 0.717) is 13.2 Å². The van der Waals surface area contributed by atoms with Crippen LogP contribution in [0.15, 0.2) is 18.2 Å². The SMILES string of the molecule is CNC[C@@H]1OCCc2cccc(F)c21.O=[P+]([O-])OO.[HH]. The molecular formula is C11H17FNO5P. The summed E-state index contributed by atoms with van der Waals surface area (Å²) in [6.07, 6.45) is 0.678. The van der Waals surface area contributed by atoms with Crippen molar-refractivity contribution in [2.75, 3.05) is 20.2 Å². The molecule has 1 unspecified atom stereocenters. The van der Waals surface area contributed by atoms with Crippen LogP contribution >= 0.6 is 8.25 Å². The van der Waals surface area contributed by atoms with Gasteiger partial charge in [0.1, 0.15) is 5.82 Å². The molecule has 2 rings (SSSR count). The molecule has 0 bridgehead atoms. The number of ether oxygens (including phenoxy) is 1. The average Bonchev–Trinajstić information content (AvgIpc) is 2.40. The molecular weight excluding hydrogens is 276 g/mol. The molecule has 0 amide bonds. The summed E-state index contributed by atoms with van der Waals surface area (Å²) in [5.41, 5.74) is 1.81. The largest absolute Gasteiger partial charge is 0.565 e. The first kappa shape index (κ1) is 16.1. The highest BCUT2D eigenvalue weighted by molar-refractivity contribution is 7.30. The smallest absolute Gasteiger partial charge is 0.521 e. The van der Waals surface area contributed by atoms with Crippen molar-refractivity contribution in [1.29, 1.82) is 0 Å². The lowest BCUT2D eigenvalue weighted by Crippen LogP contribution is -2.26. The van der Waals surface area contributed by atoms with Gasteiger partial charge in [-0.25, -0.2) is 9.65 Å².